The molecule has 2 fully saturated rings. The second-order valence-electron chi connectivity index (χ2n) is 11.7. The number of anilines is 1. The monoisotopic (exact) mass is 576 g/mol. The fourth-order valence-electron chi connectivity index (χ4n) is 5.88. The number of benzene rings is 1. The molecule has 42 heavy (non-hydrogen) atoms. The molecular formula is C33H42F2N6O. The summed E-state index contributed by atoms with van der Waals surface area (Å²) in [6.45, 7) is 6.26. The Kier molecular flexibility index (Phi) is 10.3. The minimum absolute atomic E-state index is 0.0732. The molecule has 0 bridgehead atoms. The quantitative estimate of drug-likeness (QED) is 0.246. The first kappa shape index (κ1) is 31.1. The third-order valence-corrected chi connectivity index (χ3v) is 8.39. The molecule has 2 heterocycles. The molecule has 4 atom stereocenters. The van der Waals surface area contributed by atoms with Crippen LogP contribution in [-0.2, 0) is 0 Å². The van der Waals surface area contributed by atoms with Gasteiger partial charge in [-0.05, 0) is 91.7 Å². The van der Waals surface area contributed by atoms with Gasteiger partial charge in [-0.1, -0.05) is 26.0 Å². The van der Waals surface area contributed by atoms with Gasteiger partial charge in [0.1, 0.15) is 23.0 Å². The number of carbonyl (C=O) groups excluding carboxylic acids is 1. The van der Waals surface area contributed by atoms with Crippen LogP contribution < -0.4 is 22.1 Å². The molecule has 4 unspecified atom stereocenters. The van der Waals surface area contributed by atoms with Crippen molar-refractivity contribution in [3.05, 3.63) is 89.1 Å². The summed E-state index contributed by atoms with van der Waals surface area (Å²) in [5, 5.41) is 6.86. The van der Waals surface area contributed by atoms with Crippen molar-refractivity contribution in [3.8, 4) is 11.3 Å². The van der Waals surface area contributed by atoms with Crippen LogP contribution in [0.4, 0.5) is 14.5 Å². The number of aromatic nitrogens is 2. The maximum atomic E-state index is 13.7. The third kappa shape index (κ3) is 7.31. The molecule has 2 aromatic heterocycles. The van der Waals surface area contributed by atoms with Crippen LogP contribution in [0.1, 0.15) is 67.1 Å². The number of nitrogens with two attached hydrogens (primary N) is 2. The largest absolute Gasteiger partial charge is 0.401 e. The molecule has 1 aromatic carbocycles. The van der Waals surface area contributed by atoms with Crippen LogP contribution >= 0.6 is 0 Å². The van der Waals surface area contributed by atoms with E-state index in [-0.39, 0.29) is 29.0 Å². The van der Waals surface area contributed by atoms with Crippen molar-refractivity contribution >= 4 is 12.0 Å². The first-order valence-corrected chi connectivity index (χ1v) is 14.6. The molecule has 6 N–H and O–H groups in total. The highest BCUT2D eigenvalue weighted by Gasteiger charge is 2.38. The number of halogens is 2. The van der Waals surface area contributed by atoms with E-state index in [0.717, 1.165) is 30.3 Å². The molecule has 224 valence electrons. The fraction of sp³-hybridized carbons (Fsp3) is 0.424. The van der Waals surface area contributed by atoms with E-state index in [9.17, 15) is 13.6 Å². The number of nitrogens with zero attached hydrogens (tertiary/aromatic N) is 2. The van der Waals surface area contributed by atoms with Crippen LogP contribution in [0.15, 0.2) is 60.7 Å². The summed E-state index contributed by atoms with van der Waals surface area (Å²) in [5.74, 6) is 0.947. The molecule has 5 rings (SSSR count). The lowest BCUT2D eigenvalue weighted by molar-refractivity contribution is 0.111. The molecule has 0 spiro atoms. The Bertz CT molecular complexity index is 1390. The van der Waals surface area contributed by atoms with E-state index in [0.29, 0.717) is 35.5 Å². The number of aryl methyl sites for hydroxylation is 1. The zero-order valence-corrected chi connectivity index (χ0v) is 24.8. The number of rotatable bonds is 8. The molecule has 7 nitrogen and oxygen atoms in total. The smallest absolute Gasteiger partial charge is 0.168 e. The minimum Gasteiger partial charge on any atom is -0.401 e. The summed E-state index contributed by atoms with van der Waals surface area (Å²) < 4.78 is 27.3. The second-order valence-corrected chi connectivity index (χ2v) is 11.7. The van der Waals surface area contributed by atoms with Gasteiger partial charge in [-0.25, -0.2) is 13.8 Å². The molecule has 3 aromatic rings. The Morgan fingerprint density at radius 2 is 1.86 bits per heavy atom. The summed E-state index contributed by atoms with van der Waals surface area (Å²) in [6, 6.07) is 9.33. The molecule has 0 saturated heterocycles. The molecule has 2 aliphatic carbocycles. The number of nitrogens with one attached hydrogen (secondary N) is 2. The molecular weight excluding hydrogens is 534 g/mol. The first-order valence-electron chi connectivity index (χ1n) is 14.6. The van der Waals surface area contributed by atoms with Crippen LogP contribution in [-0.4, -0.2) is 35.4 Å². The van der Waals surface area contributed by atoms with Crippen molar-refractivity contribution in [2.75, 3.05) is 12.4 Å². The Balaban J connectivity index is 0.000000208. The molecule has 0 radical (unpaired) electrons. The third-order valence-electron chi connectivity index (χ3n) is 8.39. The summed E-state index contributed by atoms with van der Waals surface area (Å²) in [6.07, 6.45) is 10.9. The van der Waals surface area contributed by atoms with E-state index in [1.807, 2.05) is 25.6 Å². The standard InChI is InChI=1S/C20H33N5.C13H9F2NO/c1-12(2)16-8-14(15-6-7-24-11-19(15)23-3)9-17(21)20(16)25-10-18(22)13-4-5-13;1-8-3-2-4-10(14)12(8)13-11(15)6-5-9(7-17)16-13/h6-7,10-14,16-17,20,23,25H,4-5,8-9,21-22H2,1-3H3;2-7H,1H3/b18-10-;. The van der Waals surface area contributed by atoms with Gasteiger partial charge in [0.15, 0.2) is 6.29 Å². The van der Waals surface area contributed by atoms with Crippen LogP contribution in [0, 0.1) is 36.3 Å². The van der Waals surface area contributed by atoms with E-state index in [1.165, 1.54) is 36.6 Å². The normalized spacial score (nSPS) is 22.2. The van der Waals surface area contributed by atoms with Gasteiger partial charge in [-0.3, -0.25) is 9.78 Å². The van der Waals surface area contributed by atoms with Gasteiger partial charge >= 0.3 is 0 Å². The van der Waals surface area contributed by atoms with Crippen molar-refractivity contribution in [2.24, 2.45) is 29.2 Å². The van der Waals surface area contributed by atoms with E-state index in [4.69, 9.17) is 11.5 Å². The lowest BCUT2D eigenvalue weighted by atomic mass is 9.69. The van der Waals surface area contributed by atoms with Gasteiger partial charge < -0.3 is 22.1 Å². The van der Waals surface area contributed by atoms with E-state index in [2.05, 4.69) is 40.5 Å². The van der Waals surface area contributed by atoms with Crippen molar-refractivity contribution < 1.29 is 13.6 Å². The van der Waals surface area contributed by atoms with Crippen molar-refractivity contribution in [1.29, 1.82) is 0 Å². The SMILES string of the molecule is CNc1cnccc1C1CC(N)C(N/C=C(\N)C2CC2)C(C(C)C)C1.Cc1cccc(F)c1-c1nc(C=O)ccc1F. The van der Waals surface area contributed by atoms with Gasteiger partial charge in [-0.2, -0.15) is 0 Å². The van der Waals surface area contributed by atoms with Gasteiger partial charge in [0.25, 0.3) is 0 Å². The number of carbonyl (C=O) groups is 1. The van der Waals surface area contributed by atoms with E-state index < -0.39 is 11.6 Å². The average Bonchev–Trinajstić information content (AvgIpc) is 3.83. The Morgan fingerprint density at radius 1 is 1.10 bits per heavy atom. The maximum Gasteiger partial charge on any atom is 0.168 e. The second kappa shape index (κ2) is 13.9. The maximum absolute atomic E-state index is 13.7. The average molecular weight is 577 g/mol. The summed E-state index contributed by atoms with van der Waals surface area (Å²) in [4.78, 5) is 18.6. The zero-order valence-electron chi connectivity index (χ0n) is 24.8. The van der Waals surface area contributed by atoms with E-state index in [1.54, 1.807) is 13.0 Å². The minimum atomic E-state index is -0.649. The zero-order chi connectivity index (χ0) is 30.4. The Labute approximate surface area is 247 Å². The Hall–Kier alpha value is -3.85. The lowest BCUT2D eigenvalue weighted by Crippen LogP contribution is -2.53. The number of hydrogen-bond acceptors (Lipinski definition) is 7. The molecule has 2 aliphatic rings. The van der Waals surface area contributed by atoms with Gasteiger partial charge in [0.2, 0.25) is 0 Å². The highest BCUT2D eigenvalue weighted by molar-refractivity contribution is 5.74. The lowest BCUT2D eigenvalue weighted by Gasteiger charge is -2.43. The van der Waals surface area contributed by atoms with Crippen LogP contribution in [0.2, 0.25) is 0 Å². The highest BCUT2D eigenvalue weighted by Crippen LogP contribution is 2.41. The topological polar surface area (TPSA) is 119 Å². The van der Waals surface area contributed by atoms with Crippen molar-refractivity contribution in [3.63, 3.8) is 0 Å². The van der Waals surface area contributed by atoms with Crippen molar-refractivity contribution in [1.82, 2.24) is 15.3 Å². The van der Waals surface area contributed by atoms with Crippen LogP contribution in [0.5, 0.6) is 0 Å². The molecule has 9 heteroatoms. The van der Waals surface area contributed by atoms with Crippen molar-refractivity contribution in [2.45, 2.75) is 64.5 Å². The van der Waals surface area contributed by atoms with Crippen LogP contribution in [0.25, 0.3) is 11.3 Å². The summed E-state index contributed by atoms with van der Waals surface area (Å²) in [7, 11) is 1.96. The van der Waals surface area contributed by atoms with Gasteiger partial charge in [0, 0.05) is 42.8 Å². The molecule has 2 saturated carbocycles. The van der Waals surface area contributed by atoms with Gasteiger partial charge in [0.05, 0.1) is 11.9 Å². The number of allylic oxidation sites excluding steroid dienone is 1. The predicted octanol–water partition coefficient (Wildman–Crippen LogP) is 5.92. The van der Waals surface area contributed by atoms with Crippen LogP contribution in [0.3, 0.4) is 0 Å². The number of aldehydes is 1. The van der Waals surface area contributed by atoms with Gasteiger partial charge in [-0.15, -0.1) is 0 Å². The predicted molar refractivity (Wildman–Crippen MR) is 164 cm³/mol. The Morgan fingerprint density at radius 3 is 2.50 bits per heavy atom. The highest BCUT2D eigenvalue weighted by atomic mass is 19.1. The summed E-state index contributed by atoms with van der Waals surface area (Å²) in [5.41, 5.74) is 16.8. The number of pyridine rings is 2. The number of hydrogen-bond donors (Lipinski definition) is 4. The molecule has 0 aliphatic heterocycles. The fourth-order valence-corrected chi connectivity index (χ4v) is 5.88. The summed E-state index contributed by atoms with van der Waals surface area (Å²) >= 11 is 0. The molecule has 0 amide bonds. The van der Waals surface area contributed by atoms with E-state index >= 15 is 0 Å². The first-order chi connectivity index (χ1) is 20.1.